The van der Waals surface area contributed by atoms with Gasteiger partial charge in [0.25, 0.3) is 5.91 Å². The average molecular weight is 368 g/mol. The van der Waals surface area contributed by atoms with Crippen LogP contribution in [-0.2, 0) is 11.3 Å². The zero-order valence-corrected chi connectivity index (χ0v) is 15.0. The molecule has 5 nitrogen and oxygen atoms in total. The van der Waals surface area contributed by atoms with Gasteiger partial charge in [-0.05, 0) is 41.4 Å². The lowest BCUT2D eigenvalue weighted by Crippen LogP contribution is -2.29. The molecule has 0 bridgehead atoms. The van der Waals surface area contributed by atoms with E-state index in [-0.39, 0.29) is 5.91 Å². The molecule has 3 N–H and O–H groups in total. The normalized spacial score (nSPS) is 13.0. The van der Waals surface area contributed by atoms with Crippen molar-refractivity contribution < 1.29 is 14.5 Å². The Morgan fingerprint density at radius 2 is 1.86 bits per heavy atom. The van der Waals surface area contributed by atoms with Gasteiger partial charge in [-0.15, -0.1) is 0 Å². The molecule has 0 unspecified atom stereocenters. The molecule has 1 aliphatic rings. The maximum atomic E-state index is 12.8. The Bertz CT molecular complexity index is 1170. The Labute approximate surface area is 162 Å². The molecule has 5 rings (SSSR count). The molecule has 0 atom stereocenters. The van der Waals surface area contributed by atoms with E-state index in [1.54, 1.807) is 12.1 Å². The number of benzene rings is 3. The number of carbonyl (C=O) groups is 1. The molecule has 0 spiro atoms. The number of hydrogen-bond acceptors (Lipinski definition) is 3. The van der Waals surface area contributed by atoms with Gasteiger partial charge in [0.2, 0.25) is 0 Å². The van der Waals surface area contributed by atoms with Gasteiger partial charge in [-0.1, -0.05) is 42.5 Å². The molecule has 0 aliphatic carbocycles. The SMILES string of the molecule is O=C(Nc1ccccc1-c1cc2ccccc2[nH]1)c1ccc2c(c1)B(O)OC2. The van der Waals surface area contributed by atoms with Gasteiger partial charge in [-0.3, -0.25) is 4.79 Å². The monoisotopic (exact) mass is 368 g/mol. The Balaban J connectivity index is 1.48. The molecule has 0 radical (unpaired) electrons. The number of H-pyrrole nitrogens is 1. The van der Waals surface area contributed by atoms with Crippen LogP contribution in [0.3, 0.4) is 0 Å². The second-order valence-electron chi connectivity index (χ2n) is 6.85. The van der Waals surface area contributed by atoms with Crippen LogP contribution in [0, 0.1) is 0 Å². The van der Waals surface area contributed by atoms with E-state index in [0.29, 0.717) is 17.6 Å². The summed E-state index contributed by atoms with van der Waals surface area (Å²) in [5.41, 5.74) is 5.66. The van der Waals surface area contributed by atoms with E-state index in [0.717, 1.165) is 33.4 Å². The van der Waals surface area contributed by atoms with Crippen LogP contribution in [0.15, 0.2) is 72.8 Å². The van der Waals surface area contributed by atoms with Crippen LogP contribution in [0.4, 0.5) is 5.69 Å². The summed E-state index contributed by atoms with van der Waals surface area (Å²) in [5.74, 6) is -0.231. The minimum absolute atomic E-state index is 0.231. The number of rotatable bonds is 3. The van der Waals surface area contributed by atoms with E-state index in [9.17, 15) is 9.82 Å². The minimum atomic E-state index is -0.971. The van der Waals surface area contributed by atoms with Gasteiger partial charge in [0.15, 0.2) is 0 Å². The van der Waals surface area contributed by atoms with E-state index in [2.05, 4.69) is 22.4 Å². The number of aromatic amines is 1. The first kappa shape index (κ1) is 16.8. The number of anilines is 1. The molecule has 0 saturated heterocycles. The van der Waals surface area contributed by atoms with Crippen molar-refractivity contribution in [3.8, 4) is 11.3 Å². The first-order valence-corrected chi connectivity index (χ1v) is 9.10. The summed E-state index contributed by atoms with van der Waals surface area (Å²) in [5, 5.41) is 14.0. The highest BCUT2D eigenvalue weighted by molar-refractivity contribution is 6.61. The van der Waals surface area contributed by atoms with E-state index < -0.39 is 7.12 Å². The van der Waals surface area contributed by atoms with Crippen LogP contribution in [0.2, 0.25) is 0 Å². The first-order chi connectivity index (χ1) is 13.7. The van der Waals surface area contributed by atoms with E-state index in [1.807, 2.05) is 48.5 Å². The van der Waals surface area contributed by atoms with Crippen molar-refractivity contribution in [3.05, 3.63) is 83.9 Å². The molecule has 2 heterocycles. The Morgan fingerprint density at radius 3 is 2.75 bits per heavy atom. The van der Waals surface area contributed by atoms with Gasteiger partial charge in [0, 0.05) is 27.7 Å². The van der Waals surface area contributed by atoms with Gasteiger partial charge in [-0.2, -0.15) is 0 Å². The van der Waals surface area contributed by atoms with Gasteiger partial charge in [0.1, 0.15) is 0 Å². The fourth-order valence-electron chi connectivity index (χ4n) is 3.60. The van der Waals surface area contributed by atoms with Gasteiger partial charge in [0.05, 0.1) is 12.3 Å². The minimum Gasteiger partial charge on any atom is -0.423 e. The zero-order chi connectivity index (χ0) is 19.1. The fourth-order valence-corrected chi connectivity index (χ4v) is 3.60. The van der Waals surface area contributed by atoms with Crippen LogP contribution in [0.5, 0.6) is 0 Å². The van der Waals surface area contributed by atoms with Gasteiger partial charge >= 0.3 is 7.12 Å². The standard InChI is InChI=1S/C22H17BN2O3/c26-22(15-9-10-16-13-28-23(27)18(16)11-15)25-20-8-4-2-6-17(20)21-12-14-5-1-3-7-19(14)24-21/h1-12,24,27H,13H2,(H,25,26). The quantitative estimate of drug-likeness (QED) is 0.486. The topological polar surface area (TPSA) is 74.4 Å². The molecule has 4 aromatic rings. The highest BCUT2D eigenvalue weighted by Crippen LogP contribution is 2.30. The van der Waals surface area contributed by atoms with E-state index in [4.69, 9.17) is 4.65 Å². The lowest BCUT2D eigenvalue weighted by atomic mass is 9.79. The van der Waals surface area contributed by atoms with Crippen LogP contribution in [0.1, 0.15) is 15.9 Å². The van der Waals surface area contributed by atoms with Gasteiger partial charge in [-0.25, -0.2) is 0 Å². The summed E-state index contributed by atoms with van der Waals surface area (Å²) >= 11 is 0. The molecule has 28 heavy (non-hydrogen) atoms. The van der Waals surface area contributed by atoms with Gasteiger partial charge < -0.3 is 20.0 Å². The highest BCUT2D eigenvalue weighted by atomic mass is 16.5. The van der Waals surface area contributed by atoms with Crippen LogP contribution < -0.4 is 10.8 Å². The fraction of sp³-hybridized carbons (Fsp3) is 0.0455. The maximum Gasteiger partial charge on any atom is 0.491 e. The molecule has 0 fully saturated rings. The van der Waals surface area contributed by atoms with Crippen molar-refractivity contribution in [2.75, 3.05) is 5.32 Å². The highest BCUT2D eigenvalue weighted by Gasteiger charge is 2.28. The summed E-state index contributed by atoms with van der Waals surface area (Å²) in [7, 11) is -0.971. The summed E-state index contributed by atoms with van der Waals surface area (Å²) < 4.78 is 5.20. The third-order valence-electron chi connectivity index (χ3n) is 5.07. The molecular formula is C22H17BN2O3. The van der Waals surface area contributed by atoms with E-state index in [1.165, 1.54) is 0 Å². The summed E-state index contributed by atoms with van der Waals surface area (Å²) in [6.07, 6.45) is 0. The number of amides is 1. The van der Waals surface area contributed by atoms with Crippen molar-refractivity contribution in [2.24, 2.45) is 0 Å². The molecule has 0 saturated carbocycles. The molecule has 136 valence electrons. The van der Waals surface area contributed by atoms with Crippen molar-refractivity contribution in [3.63, 3.8) is 0 Å². The number of nitrogens with one attached hydrogen (secondary N) is 2. The molecule has 1 aromatic heterocycles. The number of para-hydroxylation sites is 2. The van der Waals surface area contributed by atoms with Crippen molar-refractivity contribution in [1.29, 1.82) is 0 Å². The largest absolute Gasteiger partial charge is 0.491 e. The lowest BCUT2D eigenvalue weighted by Gasteiger charge is -2.11. The smallest absolute Gasteiger partial charge is 0.423 e. The number of carbonyl (C=O) groups excluding carboxylic acids is 1. The van der Waals surface area contributed by atoms with Crippen molar-refractivity contribution >= 4 is 35.1 Å². The Kier molecular flexibility index (Phi) is 4.00. The van der Waals surface area contributed by atoms with Crippen molar-refractivity contribution in [2.45, 2.75) is 6.61 Å². The summed E-state index contributed by atoms with van der Waals surface area (Å²) in [6.45, 7) is 0.363. The number of aromatic nitrogens is 1. The zero-order valence-electron chi connectivity index (χ0n) is 15.0. The molecular weight excluding hydrogens is 351 g/mol. The third-order valence-corrected chi connectivity index (χ3v) is 5.07. The molecule has 6 heteroatoms. The van der Waals surface area contributed by atoms with Crippen molar-refractivity contribution in [1.82, 2.24) is 4.98 Å². The molecule has 1 amide bonds. The third kappa shape index (κ3) is 2.89. The number of fused-ring (bicyclic) bond motifs is 2. The number of hydrogen-bond donors (Lipinski definition) is 3. The summed E-state index contributed by atoms with van der Waals surface area (Å²) in [6, 6.07) is 23.1. The second kappa shape index (κ2) is 6.67. The summed E-state index contributed by atoms with van der Waals surface area (Å²) in [4.78, 5) is 16.2. The maximum absolute atomic E-state index is 12.8. The Morgan fingerprint density at radius 1 is 1.04 bits per heavy atom. The lowest BCUT2D eigenvalue weighted by molar-refractivity contribution is 0.102. The predicted molar refractivity (Wildman–Crippen MR) is 111 cm³/mol. The molecule has 3 aromatic carbocycles. The Hall–Kier alpha value is -3.35. The predicted octanol–water partition coefficient (Wildman–Crippen LogP) is 3.30. The first-order valence-electron chi connectivity index (χ1n) is 9.10. The van der Waals surface area contributed by atoms with E-state index >= 15 is 0 Å². The second-order valence-corrected chi connectivity index (χ2v) is 6.85. The van der Waals surface area contributed by atoms with Crippen LogP contribution in [-0.4, -0.2) is 23.0 Å². The van der Waals surface area contributed by atoms with Crippen LogP contribution >= 0.6 is 0 Å². The average Bonchev–Trinajstić information content (AvgIpc) is 3.32. The van der Waals surface area contributed by atoms with Crippen LogP contribution in [0.25, 0.3) is 22.2 Å². The molecule has 1 aliphatic heterocycles.